The van der Waals surface area contributed by atoms with Crippen LogP contribution < -0.4 is 5.32 Å². The van der Waals surface area contributed by atoms with Gasteiger partial charge in [-0.05, 0) is 12.1 Å². The van der Waals surface area contributed by atoms with Crippen LogP contribution in [-0.4, -0.2) is 42.9 Å². The van der Waals surface area contributed by atoms with Gasteiger partial charge in [0.2, 0.25) is 0 Å². The Hall–Kier alpha value is -0.910. The van der Waals surface area contributed by atoms with Gasteiger partial charge in [0.05, 0.1) is 11.1 Å². The lowest BCUT2D eigenvalue weighted by molar-refractivity contribution is 0.145. The summed E-state index contributed by atoms with van der Waals surface area (Å²) in [5.41, 5.74) is 0.212. The van der Waals surface area contributed by atoms with E-state index in [9.17, 15) is 13.9 Å². The number of hydrogen-bond donors (Lipinski definition) is 2. The van der Waals surface area contributed by atoms with Crippen molar-refractivity contribution >= 4 is 11.6 Å². The van der Waals surface area contributed by atoms with E-state index in [4.69, 9.17) is 11.6 Å². The predicted molar refractivity (Wildman–Crippen MR) is 66.2 cm³/mol. The van der Waals surface area contributed by atoms with E-state index in [0.717, 1.165) is 25.2 Å². The standard InChI is InChI=1S/C12H15ClF2N2O/c13-10-6-8(15)5-9(12(10)18)11(7-14)17-3-1-16-2-4-17/h5-6,11,16,18H,1-4,7H2/t11-/m0/s1. The highest BCUT2D eigenvalue weighted by Gasteiger charge is 2.26. The van der Waals surface area contributed by atoms with Crippen LogP contribution in [-0.2, 0) is 0 Å². The fourth-order valence-electron chi connectivity index (χ4n) is 2.21. The van der Waals surface area contributed by atoms with E-state index >= 15 is 0 Å². The number of piperazine rings is 1. The third kappa shape index (κ3) is 2.74. The number of rotatable bonds is 3. The molecule has 0 aromatic heterocycles. The number of phenols is 1. The van der Waals surface area contributed by atoms with E-state index in [1.807, 2.05) is 4.90 Å². The molecular formula is C12H15ClF2N2O. The van der Waals surface area contributed by atoms with Gasteiger partial charge in [-0.2, -0.15) is 0 Å². The Labute approximate surface area is 109 Å². The number of halogens is 3. The Morgan fingerprint density at radius 3 is 2.67 bits per heavy atom. The first-order chi connectivity index (χ1) is 8.63. The summed E-state index contributed by atoms with van der Waals surface area (Å²) in [6.07, 6.45) is 0. The third-order valence-electron chi connectivity index (χ3n) is 3.16. The Morgan fingerprint density at radius 2 is 2.06 bits per heavy atom. The van der Waals surface area contributed by atoms with Crippen LogP contribution in [0.2, 0.25) is 5.02 Å². The maximum Gasteiger partial charge on any atom is 0.139 e. The summed E-state index contributed by atoms with van der Waals surface area (Å²) in [6.45, 7) is 2.12. The average molecular weight is 277 g/mol. The zero-order valence-corrected chi connectivity index (χ0v) is 10.6. The molecule has 1 aromatic carbocycles. The molecule has 18 heavy (non-hydrogen) atoms. The van der Waals surface area contributed by atoms with Crippen LogP contribution in [0.15, 0.2) is 12.1 Å². The minimum absolute atomic E-state index is 0.0846. The second kappa shape index (κ2) is 5.82. The predicted octanol–water partition coefficient (Wildman–Crippen LogP) is 2.10. The number of alkyl halides is 1. The molecule has 100 valence electrons. The van der Waals surface area contributed by atoms with Gasteiger partial charge in [-0.25, -0.2) is 8.78 Å². The van der Waals surface area contributed by atoms with Crippen LogP contribution >= 0.6 is 11.6 Å². The molecule has 1 fully saturated rings. The molecule has 0 amide bonds. The molecule has 0 saturated carbocycles. The molecule has 0 radical (unpaired) electrons. The van der Waals surface area contributed by atoms with Gasteiger partial charge >= 0.3 is 0 Å². The average Bonchev–Trinajstić information content (AvgIpc) is 2.37. The lowest BCUT2D eigenvalue weighted by atomic mass is 10.0. The fraction of sp³-hybridized carbons (Fsp3) is 0.500. The van der Waals surface area contributed by atoms with E-state index < -0.39 is 18.5 Å². The molecule has 6 heteroatoms. The van der Waals surface area contributed by atoms with E-state index in [2.05, 4.69) is 5.32 Å². The molecule has 1 atom stereocenters. The first kappa shape index (κ1) is 13.5. The van der Waals surface area contributed by atoms with Crippen molar-refractivity contribution in [3.63, 3.8) is 0 Å². The van der Waals surface area contributed by atoms with Gasteiger partial charge in [0, 0.05) is 31.7 Å². The van der Waals surface area contributed by atoms with Gasteiger partial charge < -0.3 is 10.4 Å². The van der Waals surface area contributed by atoms with Crippen molar-refractivity contribution in [3.8, 4) is 5.75 Å². The minimum Gasteiger partial charge on any atom is -0.506 e. The van der Waals surface area contributed by atoms with Crippen LogP contribution in [0.3, 0.4) is 0 Å². The van der Waals surface area contributed by atoms with Crippen molar-refractivity contribution in [3.05, 3.63) is 28.5 Å². The molecule has 2 rings (SSSR count). The third-order valence-corrected chi connectivity index (χ3v) is 3.44. The van der Waals surface area contributed by atoms with E-state index in [-0.39, 0.29) is 16.3 Å². The smallest absolute Gasteiger partial charge is 0.139 e. The number of aromatic hydroxyl groups is 1. The van der Waals surface area contributed by atoms with Crippen molar-refractivity contribution in [1.29, 1.82) is 0 Å². The number of benzene rings is 1. The largest absolute Gasteiger partial charge is 0.506 e. The topological polar surface area (TPSA) is 35.5 Å². The molecule has 0 aliphatic carbocycles. The maximum absolute atomic E-state index is 13.3. The van der Waals surface area contributed by atoms with Crippen molar-refractivity contribution in [2.75, 3.05) is 32.9 Å². The Kier molecular flexibility index (Phi) is 4.37. The summed E-state index contributed by atoms with van der Waals surface area (Å²) in [4.78, 5) is 1.88. The molecule has 2 N–H and O–H groups in total. The molecule has 0 unspecified atom stereocenters. The molecule has 1 aromatic rings. The summed E-state index contributed by atoms with van der Waals surface area (Å²) in [6, 6.07) is 1.52. The van der Waals surface area contributed by atoms with Crippen LogP contribution in [0.25, 0.3) is 0 Å². The number of hydrogen-bond acceptors (Lipinski definition) is 3. The Morgan fingerprint density at radius 1 is 1.39 bits per heavy atom. The molecule has 3 nitrogen and oxygen atoms in total. The van der Waals surface area contributed by atoms with Crippen molar-refractivity contribution in [1.82, 2.24) is 10.2 Å². The van der Waals surface area contributed by atoms with Crippen LogP contribution in [0.1, 0.15) is 11.6 Å². The molecule has 1 aliphatic heterocycles. The molecule has 1 saturated heterocycles. The second-order valence-electron chi connectivity index (χ2n) is 4.28. The van der Waals surface area contributed by atoms with Gasteiger partial charge in [0.15, 0.2) is 0 Å². The van der Waals surface area contributed by atoms with E-state index in [0.29, 0.717) is 13.1 Å². The van der Waals surface area contributed by atoms with Crippen molar-refractivity contribution in [2.24, 2.45) is 0 Å². The monoisotopic (exact) mass is 276 g/mol. The number of phenolic OH excluding ortho intramolecular Hbond substituents is 1. The zero-order chi connectivity index (χ0) is 13.1. The van der Waals surface area contributed by atoms with E-state index in [1.165, 1.54) is 0 Å². The summed E-state index contributed by atoms with van der Waals surface area (Å²) in [5, 5.41) is 12.9. The molecule has 0 spiro atoms. The lowest BCUT2D eigenvalue weighted by Crippen LogP contribution is -2.45. The first-order valence-electron chi connectivity index (χ1n) is 5.82. The van der Waals surface area contributed by atoms with Gasteiger partial charge in [-0.15, -0.1) is 0 Å². The maximum atomic E-state index is 13.3. The number of nitrogens with one attached hydrogen (secondary N) is 1. The highest BCUT2D eigenvalue weighted by atomic mass is 35.5. The van der Waals surface area contributed by atoms with Gasteiger partial charge in [0.1, 0.15) is 18.2 Å². The summed E-state index contributed by atoms with van der Waals surface area (Å²) >= 11 is 5.72. The van der Waals surface area contributed by atoms with Crippen LogP contribution in [0.5, 0.6) is 5.75 Å². The molecular weight excluding hydrogens is 262 g/mol. The first-order valence-corrected chi connectivity index (χ1v) is 6.20. The van der Waals surface area contributed by atoms with Crippen LogP contribution in [0, 0.1) is 5.82 Å². The molecule has 0 bridgehead atoms. The molecule has 1 heterocycles. The summed E-state index contributed by atoms with van der Waals surface area (Å²) < 4.78 is 26.6. The second-order valence-corrected chi connectivity index (χ2v) is 4.69. The van der Waals surface area contributed by atoms with E-state index in [1.54, 1.807) is 0 Å². The van der Waals surface area contributed by atoms with Gasteiger partial charge in [-0.3, -0.25) is 4.90 Å². The summed E-state index contributed by atoms with van der Waals surface area (Å²) in [5.74, 6) is -0.805. The zero-order valence-electron chi connectivity index (χ0n) is 9.80. The fourth-order valence-corrected chi connectivity index (χ4v) is 2.42. The highest BCUT2D eigenvalue weighted by molar-refractivity contribution is 6.32. The Balaban J connectivity index is 2.31. The van der Waals surface area contributed by atoms with Crippen molar-refractivity contribution in [2.45, 2.75) is 6.04 Å². The van der Waals surface area contributed by atoms with Gasteiger partial charge in [0.25, 0.3) is 0 Å². The minimum atomic E-state index is -0.687. The summed E-state index contributed by atoms with van der Waals surface area (Å²) in [7, 11) is 0. The molecule has 1 aliphatic rings. The quantitative estimate of drug-likeness (QED) is 0.887. The Bertz CT molecular complexity index is 425. The lowest BCUT2D eigenvalue weighted by Gasteiger charge is -2.34. The normalized spacial score (nSPS) is 18.8. The SMILES string of the molecule is Oc1c(Cl)cc(F)cc1[C@H](CF)N1CCNCC1. The van der Waals surface area contributed by atoms with Crippen LogP contribution in [0.4, 0.5) is 8.78 Å². The van der Waals surface area contributed by atoms with Crippen molar-refractivity contribution < 1.29 is 13.9 Å². The van der Waals surface area contributed by atoms with Gasteiger partial charge in [-0.1, -0.05) is 11.6 Å². The highest BCUT2D eigenvalue weighted by Crippen LogP contribution is 2.35. The number of nitrogens with zero attached hydrogens (tertiary/aromatic N) is 1.